The second-order valence-corrected chi connectivity index (χ2v) is 6.47. The van der Waals surface area contributed by atoms with E-state index in [0.717, 1.165) is 45.0 Å². The van der Waals surface area contributed by atoms with E-state index < -0.39 is 0 Å². The molecule has 0 amide bonds. The van der Waals surface area contributed by atoms with Crippen LogP contribution in [0.1, 0.15) is 5.56 Å². The van der Waals surface area contributed by atoms with Gasteiger partial charge in [-0.2, -0.15) is 10.1 Å². The van der Waals surface area contributed by atoms with Gasteiger partial charge in [0.15, 0.2) is 5.82 Å². The maximum absolute atomic E-state index is 4.62. The fraction of sp³-hybridized carbons (Fsp3) is 0.389. The molecule has 2 aromatic heterocycles. The smallest absolute Gasteiger partial charge is 0.247 e. The molecule has 130 valence electrons. The highest BCUT2D eigenvalue weighted by Gasteiger charge is 2.17. The molecule has 3 aromatic rings. The van der Waals surface area contributed by atoms with Crippen LogP contribution in [-0.2, 0) is 6.42 Å². The minimum Gasteiger partial charge on any atom is -0.368 e. The average molecular weight is 337 g/mol. The highest BCUT2D eigenvalue weighted by atomic mass is 15.4. The van der Waals surface area contributed by atoms with Gasteiger partial charge in [0.2, 0.25) is 5.95 Å². The maximum Gasteiger partial charge on any atom is 0.247 e. The standard InChI is InChI=1S/C18H23N7/c1-24-8-10-25(11-9-24)18-22-17(13-21-23-18)19-7-6-14-12-20-16-5-3-2-4-15(14)16/h2-5,12-13,20H,6-11H2,1H3,(H,19,22,23). The first-order valence-electron chi connectivity index (χ1n) is 8.72. The molecule has 0 unspecified atom stereocenters. The number of aromatic nitrogens is 4. The molecule has 3 heterocycles. The van der Waals surface area contributed by atoms with Crippen molar-refractivity contribution in [2.45, 2.75) is 6.42 Å². The lowest BCUT2D eigenvalue weighted by atomic mass is 10.1. The van der Waals surface area contributed by atoms with Crippen molar-refractivity contribution in [1.82, 2.24) is 25.1 Å². The van der Waals surface area contributed by atoms with Crippen LogP contribution in [0, 0.1) is 0 Å². The summed E-state index contributed by atoms with van der Waals surface area (Å²) in [5.41, 5.74) is 2.49. The normalized spacial score (nSPS) is 15.6. The third-order valence-electron chi connectivity index (χ3n) is 4.71. The maximum atomic E-state index is 4.62. The molecular formula is C18H23N7. The zero-order valence-electron chi connectivity index (χ0n) is 14.4. The Balaban J connectivity index is 1.37. The number of piperazine rings is 1. The van der Waals surface area contributed by atoms with Crippen molar-refractivity contribution in [3.8, 4) is 0 Å². The SMILES string of the molecule is CN1CCN(c2nncc(NCCc3c[nH]c4ccccc34)n2)CC1. The van der Waals surface area contributed by atoms with E-state index in [9.17, 15) is 0 Å². The number of hydrogen-bond donors (Lipinski definition) is 2. The van der Waals surface area contributed by atoms with Gasteiger partial charge in [0.05, 0.1) is 6.20 Å². The summed E-state index contributed by atoms with van der Waals surface area (Å²) in [6.45, 7) is 4.75. The number of nitrogens with one attached hydrogen (secondary N) is 2. The summed E-state index contributed by atoms with van der Waals surface area (Å²) in [5, 5.41) is 12.9. The summed E-state index contributed by atoms with van der Waals surface area (Å²) in [4.78, 5) is 12.4. The predicted molar refractivity (Wildman–Crippen MR) is 100 cm³/mol. The largest absolute Gasteiger partial charge is 0.368 e. The van der Waals surface area contributed by atoms with Crippen LogP contribution in [0.25, 0.3) is 10.9 Å². The first-order valence-corrected chi connectivity index (χ1v) is 8.72. The Morgan fingerprint density at radius 2 is 2.00 bits per heavy atom. The lowest BCUT2D eigenvalue weighted by Gasteiger charge is -2.32. The van der Waals surface area contributed by atoms with Crippen LogP contribution < -0.4 is 10.2 Å². The van der Waals surface area contributed by atoms with Gasteiger partial charge in [-0.3, -0.25) is 0 Å². The molecule has 1 aliphatic heterocycles. The third kappa shape index (κ3) is 3.56. The molecular weight excluding hydrogens is 314 g/mol. The summed E-state index contributed by atoms with van der Waals surface area (Å²) in [7, 11) is 2.14. The number of fused-ring (bicyclic) bond motifs is 1. The number of benzene rings is 1. The van der Waals surface area contributed by atoms with E-state index >= 15 is 0 Å². The third-order valence-corrected chi connectivity index (χ3v) is 4.71. The Morgan fingerprint density at radius 1 is 1.16 bits per heavy atom. The van der Waals surface area contributed by atoms with Crippen molar-refractivity contribution in [2.75, 3.05) is 50.0 Å². The van der Waals surface area contributed by atoms with Crippen LogP contribution in [0.2, 0.25) is 0 Å². The summed E-state index contributed by atoms with van der Waals surface area (Å²) in [6, 6.07) is 8.37. The highest BCUT2D eigenvalue weighted by molar-refractivity contribution is 5.83. The number of nitrogens with zero attached hydrogens (tertiary/aromatic N) is 5. The molecule has 0 aliphatic carbocycles. The lowest BCUT2D eigenvalue weighted by molar-refractivity contribution is 0.311. The Bertz CT molecular complexity index is 836. The molecule has 0 spiro atoms. The molecule has 7 heteroatoms. The monoisotopic (exact) mass is 337 g/mol. The molecule has 7 nitrogen and oxygen atoms in total. The topological polar surface area (TPSA) is 73.0 Å². The summed E-state index contributed by atoms with van der Waals surface area (Å²) >= 11 is 0. The van der Waals surface area contributed by atoms with Gasteiger partial charge < -0.3 is 20.1 Å². The predicted octanol–water partition coefficient (Wildman–Crippen LogP) is 1.76. The van der Waals surface area contributed by atoms with Gasteiger partial charge in [0.1, 0.15) is 0 Å². The Kier molecular flexibility index (Phi) is 4.47. The minimum absolute atomic E-state index is 0.713. The van der Waals surface area contributed by atoms with E-state index in [2.05, 4.69) is 66.7 Å². The first kappa shape index (κ1) is 15.8. The van der Waals surface area contributed by atoms with Crippen LogP contribution in [0.4, 0.5) is 11.8 Å². The van der Waals surface area contributed by atoms with Crippen molar-refractivity contribution >= 4 is 22.7 Å². The average Bonchev–Trinajstić information content (AvgIpc) is 3.06. The molecule has 0 saturated carbocycles. The van der Waals surface area contributed by atoms with Gasteiger partial charge in [0, 0.05) is 49.8 Å². The number of hydrogen-bond acceptors (Lipinski definition) is 6. The number of aromatic amines is 1. The number of anilines is 2. The molecule has 0 atom stereocenters. The number of rotatable bonds is 5. The second kappa shape index (κ2) is 7.06. The van der Waals surface area contributed by atoms with Crippen LogP contribution in [0.5, 0.6) is 0 Å². The van der Waals surface area contributed by atoms with Crippen molar-refractivity contribution in [2.24, 2.45) is 0 Å². The molecule has 2 N–H and O–H groups in total. The molecule has 0 radical (unpaired) electrons. The number of para-hydroxylation sites is 1. The van der Waals surface area contributed by atoms with E-state index in [1.54, 1.807) is 6.20 Å². The molecule has 25 heavy (non-hydrogen) atoms. The fourth-order valence-corrected chi connectivity index (χ4v) is 3.18. The quantitative estimate of drug-likeness (QED) is 0.739. The zero-order valence-corrected chi connectivity index (χ0v) is 14.4. The Labute approximate surface area is 147 Å². The van der Waals surface area contributed by atoms with Gasteiger partial charge in [0.25, 0.3) is 0 Å². The summed E-state index contributed by atoms with van der Waals surface area (Å²) in [6.07, 6.45) is 4.70. The van der Waals surface area contributed by atoms with E-state index in [4.69, 9.17) is 0 Å². The van der Waals surface area contributed by atoms with Gasteiger partial charge in [-0.25, -0.2) is 0 Å². The van der Waals surface area contributed by atoms with Crippen molar-refractivity contribution < 1.29 is 0 Å². The fourth-order valence-electron chi connectivity index (χ4n) is 3.18. The van der Waals surface area contributed by atoms with Crippen LogP contribution in [0.3, 0.4) is 0 Å². The van der Waals surface area contributed by atoms with Gasteiger partial charge in [-0.1, -0.05) is 18.2 Å². The Morgan fingerprint density at radius 3 is 2.88 bits per heavy atom. The van der Waals surface area contributed by atoms with Crippen LogP contribution >= 0.6 is 0 Å². The number of H-pyrrole nitrogens is 1. The van der Waals surface area contributed by atoms with Crippen molar-refractivity contribution in [3.63, 3.8) is 0 Å². The van der Waals surface area contributed by atoms with Gasteiger partial charge in [-0.15, -0.1) is 5.10 Å². The molecule has 4 rings (SSSR count). The van der Waals surface area contributed by atoms with E-state index in [-0.39, 0.29) is 0 Å². The molecule has 1 saturated heterocycles. The first-order chi connectivity index (χ1) is 12.3. The van der Waals surface area contributed by atoms with E-state index in [1.807, 2.05) is 6.07 Å². The summed E-state index contributed by atoms with van der Waals surface area (Å²) in [5.74, 6) is 1.49. The lowest BCUT2D eigenvalue weighted by Crippen LogP contribution is -2.45. The van der Waals surface area contributed by atoms with Crippen LogP contribution in [-0.4, -0.2) is 64.8 Å². The van der Waals surface area contributed by atoms with Crippen molar-refractivity contribution in [1.29, 1.82) is 0 Å². The number of likely N-dealkylation sites (N-methyl/N-ethyl adjacent to an activating group) is 1. The van der Waals surface area contributed by atoms with E-state index in [0.29, 0.717) is 5.95 Å². The molecule has 1 aliphatic rings. The summed E-state index contributed by atoms with van der Waals surface area (Å²) < 4.78 is 0. The molecule has 0 bridgehead atoms. The Hall–Kier alpha value is -2.67. The van der Waals surface area contributed by atoms with Crippen molar-refractivity contribution in [3.05, 3.63) is 42.2 Å². The van der Waals surface area contributed by atoms with Gasteiger partial charge >= 0.3 is 0 Å². The second-order valence-electron chi connectivity index (χ2n) is 6.47. The molecule has 1 fully saturated rings. The minimum atomic E-state index is 0.713. The molecule has 1 aromatic carbocycles. The van der Waals surface area contributed by atoms with Crippen LogP contribution in [0.15, 0.2) is 36.7 Å². The van der Waals surface area contributed by atoms with E-state index in [1.165, 1.54) is 16.5 Å². The van der Waals surface area contributed by atoms with Gasteiger partial charge in [-0.05, 0) is 25.1 Å². The highest BCUT2D eigenvalue weighted by Crippen LogP contribution is 2.18. The zero-order chi connectivity index (χ0) is 17.1.